The summed E-state index contributed by atoms with van der Waals surface area (Å²) < 4.78 is 5.28. The summed E-state index contributed by atoms with van der Waals surface area (Å²) >= 11 is 1.54. The normalized spacial score (nSPS) is 12.7. The van der Waals surface area contributed by atoms with Crippen LogP contribution in [0.15, 0.2) is 77.7 Å². The van der Waals surface area contributed by atoms with Crippen molar-refractivity contribution in [2.45, 2.75) is 17.7 Å². The second-order valence-electron chi connectivity index (χ2n) is 6.45. The van der Waals surface area contributed by atoms with E-state index < -0.39 is 0 Å². The van der Waals surface area contributed by atoms with Gasteiger partial charge in [0.2, 0.25) is 5.91 Å². The Morgan fingerprint density at radius 1 is 0.926 bits per heavy atom. The van der Waals surface area contributed by atoms with E-state index in [4.69, 9.17) is 4.74 Å². The lowest BCUT2D eigenvalue weighted by Gasteiger charge is -2.25. The van der Waals surface area contributed by atoms with Gasteiger partial charge >= 0.3 is 0 Å². The molecule has 4 heteroatoms. The number of benzene rings is 3. The average molecular weight is 375 g/mol. The predicted molar refractivity (Wildman–Crippen MR) is 111 cm³/mol. The number of methoxy groups -OCH3 is 1. The van der Waals surface area contributed by atoms with Crippen LogP contribution in [0.1, 0.15) is 11.1 Å². The molecule has 0 radical (unpaired) electrons. The van der Waals surface area contributed by atoms with Gasteiger partial charge in [0.1, 0.15) is 5.75 Å². The summed E-state index contributed by atoms with van der Waals surface area (Å²) in [7, 11) is 1.65. The quantitative estimate of drug-likeness (QED) is 0.583. The lowest BCUT2D eigenvalue weighted by molar-refractivity contribution is -0.115. The maximum atomic E-state index is 13.3. The van der Waals surface area contributed by atoms with E-state index in [9.17, 15) is 4.79 Å². The van der Waals surface area contributed by atoms with Crippen molar-refractivity contribution in [3.63, 3.8) is 0 Å². The highest BCUT2D eigenvalue weighted by Gasteiger charge is 2.25. The van der Waals surface area contributed by atoms with Gasteiger partial charge < -0.3 is 4.74 Å². The van der Waals surface area contributed by atoms with E-state index in [1.807, 2.05) is 65.6 Å². The van der Waals surface area contributed by atoms with Crippen LogP contribution in [0.4, 0.5) is 11.4 Å². The van der Waals surface area contributed by atoms with Gasteiger partial charge in [0, 0.05) is 4.90 Å². The first-order chi connectivity index (χ1) is 13.3. The Morgan fingerprint density at radius 3 is 2.19 bits per heavy atom. The van der Waals surface area contributed by atoms with Gasteiger partial charge in [-0.2, -0.15) is 0 Å². The summed E-state index contributed by atoms with van der Waals surface area (Å²) in [4.78, 5) is 16.2. The molecule has 0 N–H and O–H groups in total. The number of nitrogens with zero attached hydrogens (tertiary/aromatic N) is 1. The van der Waals surface area contributed by atoms with Gasteiger partial charge in [-0.05, 0) is 54.3 Å². The third-order valence-corrected chi connectivity index (χ3v) is 5.76. The highest BCUT2D eigenvalue weighted by molar-refractivity contribution is 8.00. The van der Waals surface area contributed by atoms with Crippen LogP contribution in [-0.4, -0.2) is 18.8 Å². The number of anilines is 2. The van der Waals surface area contributed by atoms with Gasteiger partial charge in [0.05, 0.1) is 24.2 Å². The Hall–Kier alpha value is -2.72. The molecule has 1 aliphatic rings. The minimum atomic E-state index is 0.0876. The molecule has 3 nitrogen and oxygen atoms in total. The highest BCUT2D eigenvalue weighted by atomic mass is 32.2. The standard InChI is InChI=1S/C23H21NO2S/c1-26-19-9-6-10-20(15-19)27-16-23(25)24-21-11-4-2-7-17(21)13-14-18-8-3-5-12-22(18)24/h2-12,15H,13-14,16H2,1H3. The number of hydrogen-bond donors (Lipinski definition) is 0. The number of thioether (sulfide) groups is 1. The molecule has 0 unspecified atom stereocenters. The molecule has 0 atom stereocenters. The number of para-hydroxylation sites is 2. The summed E-state index contributed by atoms with van der Waals surface area (Å²) in [6.07, 6.45) is 1.89. The molecule has 136 valence electrons. The fraction of sp³-hybridized carbons (Fsp3) is 0.174. The van der Waals surface area contributed by atoms with Crippen molar-refractivity contribution in [2.24, 2.45) is 0 Å². The zero-order valence-corrected chi connectivity index (χ0v) is 16.0. The minimum absolute atomic E-state index is 0.0876. The second-order valence-corrected chi connectivity index (χ2v) is 7.50. The Labute approximate surface area is 164 Å². The van der Waals surface area contributed by atoms with Crippen LogP contribution >= 0.6 is 11.8 Å². The third-order valence-electron chi connectivity index (χ3n) is 4.78. The molecule has 1 aliphatic heterocycles. The number of carbonyl (C=O) groups is 1. The predicted octanol–water partition coefficient (Wildman–Crippen LogP) is 5.25. The van der Waals surface area contributed by atoms with Crippen molar-refractivity contribution in [3.05, 3.63) is 83.9 Å². The molecule has 3 aromatic rings. The zero-order chi connectivity index (χ0) is 18.6. The molecule has 0 saturated heterocycles. The van der Waals surface area contributed by atoms with E-state index >= 15 is 0 Å². The van der Waals surface area contributed by atoms with E-state index in [0.29, 0.717) is 5.75 Å². The van der Waals surface area contributed by atoms with Crippen molar-refractivity contribution in [1.29, 1.82) is 0 Å². The number of rotatable bonds is 4. The molecule has 1 heterocycles. The smallest absolute Gasteiger partial charge is 0.241 e. The molecule has 3 aromatic carbocycles. The van der Waals surface area contributed by atoms with Crippen molar-refractivity contribution in [3.8, 4) is 5.75 Å². The monoisotopic (exact) mass is 375 g/mol. The number of hydrogen-bond acceptors (Lipinski definition) is 3. The lowest BCUT2D eigenvalue weighted by Crippen LogP contribution is -2.28. The van der Waals surface area contributed by atoms with Gasteiger partial charge in [0.15, 0.2) is 0 Å². The fourth-order valence-corrected chi connectivity index (χ4v) is 4.24. The summed E-state index contributed by atoms with van der Waals surface area (Å²) in [5.74, 6) is 1.26. The van der Waals surface area contributed by atoms with Crippen molar-refractivity contribution in [1.82, 2.24) is 0 Å². The van der Waals surface area contributed by atoms with Crippen LogP contribution in [-0.2, 0) is 17.6 Å². The van der Waals surface area contributed by atoms with Gasteiger partial charge in [-0.25, -0.2) is 0 Å². The summed E-state index contributed by atoms with van der Waals surface area (Å²) in [5, 5.41) is 0. The van der Waals surface area contributed by atoms with Crippen molar-refractivity contribution < 1.29 is 9.53 Å². The number of aryl methyl sites for hydroxylation is 2. The Morgan fingerprint density at radius 2 is 1.56 bits per heavy atom. The Balaban J connectivity index is 1.64. The number of carbonyl (C=O) groups excluding carboxylic acids is 1. The van der Waals surface area contributed by atoms with Gasteiger partial charge in [-0.1, -0.05) is 42.5 Å². The lowest BCUT2D eigenvalue weighted by atomic mass is 10.0. The average Bonchev–Trinajstić information content (AvgIpc) is 2.89. The molecular formula is C23H21NO2S. The minimum Gasteiger partial charge on any atom is -0.497 e. The molecule has 27 heavy (non-hydrogen) atoms. The molecule has 0 fully saturated rings. The fourth-order valence-electron chi connectivity index (χ4n) is 3.45. The topological polar surface area (TPSA) is 29.5 Å². The summed E-state index contributed by atoms with van der Waals surface area (Å²) in [6.45, 7) is 0. The second kappa shape index (κ2) is 7.89. The Kier molecular flexibility index (Phi) is 5.16. The molecular weight excluding hydrogens is 354 g/mol. The SMILES string of the molecule is COc1cccc(SCC(=O)N2c3ccccc3CCc3ccccc32)c1. The molecule has 0 saturated carbocycles. The van der Waals surface area contributed by atoms with Gasteiger partial charge in [-0.3, -0.25) is 9.69 Å². The summed E-state index contributed by atoms with van der Waals surface area (Å²) in [5.41, 5.74) is 4.43. The van der Waals surface area contributed by atoms with Crippen LogP contribution in [0.3, 0.4) is 0 Å². The van der Waals surface area contributed by atoms with Crippen LogP contribution in [0.5, 0.6) is 5.75 Å². The molecule has 0 bridgehead atoms. The maximum Gasteiger partial charge on any atom is 0.241 e. The molecule has 4 rings (SSSR count). The molecule has 1 amide bonds. The number of ether oxygens (including phenoxy) is 1. The van der Waals surface area contributed by atoms with Crippen LogP contribution in [0, 0.1) is 0 Å². The van der Waals surface area contributed by atoms with Crippen molar-refractivity contribution >= 4 is 29.0 Å². The van der Waals surface area contributed by atoms with Crippen LogP contribution < -0.4 is 9.64 Å². The third kappa shape index (κ3) is 3.71. The van der Waals surface area contributed by atoms with E-state index in [2.05, 4.69) is 12.1 Å². The summed E-state index contributed by atoms with van der Waals surface area (Å²) in [6, 6.07) is 24.3. The van der Waals surface area contributed by atoms with E-state index in [1.165, 1.54) is 22.9 Å². The molecule has 0 spiro atoms. The van der Waals surface area contributed by atoms with E-state index in [-0.39, 0.29) is 5.91 Å². The Bertz CT molecular complexity index is 922. The first-order valence-electron chi connectivity index (χ1n) is 9.02. The maximum absolute atomic E-state index is 13.3. The molecule has 0 aliphatic carbocycles. The van der Waals surface area contributed by atoms with Crippen LogP contribution in [0.25, 0.3) is 0 Å². The largest absolute Gasteiger partial charge is 0.497 e. The number of fused-ring (bicyclic) bond motifs is 2. The van der Waals surface area contributed by atoms with Crippen molar-refractivity contribution in [2.75, 3.05) is 17.8 Å². The first-order valence-corrected chi connectivity index (χ1v) is 10.0. The van der Waals surface area contributed by atoms with E-state index in [0.717, 1.165) is 34.9 Å². The van der Waals surface area contributed by atoms with E-state index in [1.54, 1.807) is 7.11 Å². The number of amides is 1. The highest BCUT2D eigenvalue weighted by Crippen LogP contribution is 2.36. The first kappa shape index (κ1) is 17.7. The van der Waals surface area contributed by atoms with Crippen LogP contribution in [0.2, 0.25) is 0 Å². The van der Waals surface area contributed by atoms with Gasteiger partial charge in [-0.15, -0.1) is 11.8 Å². The van der Waals surface area contributed by atoms with Gasteiger partial charge in [0.25, 0.3) is 0 Å². The molecule has 0 aromatic heterocycles. The zero-order valence-electron chi connectivity index (χ0n) is 15.2.